The molecule has 0 atom stereocenters. The Morgan fingerprint density at radius 2 is 2.20 bits per heavy atom. The minimum atomic E-state index is 0.175. The highest BCUT2D eigenvalue weighted by Gasteiger charge is 2.09. The first-order valence-corrected chi connectivity index (χ1v) is 5.33. The molecule has 0 unspecified atom stereocenters. The second-order valence-corrected chi connectivity index (χ2v) is 3.76. The first-order valence-electron chi connectivity index (χ1n) is 5.33. The first-order chi connectivity index (χ1) is 7.26. The zero-order valence-corrected chi connectivity index (χ0v) is 9.20. The maximum absolute atomic E-state index is 9.05. The summed E-state index contributed by atoms with van der Waals surface area (Å²) in [6, 6.07) is 6.25. The van der Waals surface area contributed by atoms with Gasteiger partial charge in [-0.3, -0.25) is 4.68 Å². The summed E-state index contributed by atoms with van der Waals surface area (Å²) in [5, 5.41) is 14.7. The Hall–Kier alpha value is -1.35. The minimum Gasteiger partial charge on any atom is -0.396 e. The smallest absolute Gasteiger partial charge is 0.0926 e. The van der Waals surface area contributed by atoms with E-state index in [1.54, 1.807) is 0 Å². The third-order valence-electron chi connectivity index (χ3n) is 2.65. The topological polar surface area (TPSA) is 38.0 Å². The molecule has 0 aliphatic heterocycles. The number of aryl methyl sites for hydroxylation is 2. The molecule has 0 radical (unpaired) electrons. The molecule has 0 fully saturated rings. The Morgan fingerprint density at radius 3 is 2.87 bits per heavy atom. The van der Waals surface area contributed by atoms with Crippen LogP contribution in [0.15, 0.2) is 18.2 Å². The largest absolute Gasteiger partial charge is 0.396 e. The fourth-order valence-corrected chi connectivity index (χ4v) is 1.93. The average Bonchev–Trinajstić information content (AvgIpc) is 2.57. The molecule has 0 aliphatic rings. The third-order valence-corrected chi connectivity index (χ3v) is 2.65. The van der Waals surface area contributed by atoms with Gasteiger partial charge >= 0.3 is 0 Å². The standard InChI is InChI=1S/C12H16N2O/c1-3-14-12(6-7-15)10-8-9(2)4-5-11(10)13-14/h4-5,8,15H,3,6-7H2,1-2H3. The van der Waals surface area contributed by atoms with Crippen molar-refractivity contribution in [1.82, 2.24) is 9.78 Å². The van der Waals surface area contributed by atoms with Gasteiger partial charge < -0.3 is 5.11 Å². The SMILES string of the molecule is CCn1nc2ccc(C)cc2c1CCO. The molecular weight excluding hydrogens is 188 g/mol. The number of aromatic nitrogens is 2. The summed E-state index contributed by atoms with van der Waals surface area (Å²) in [5.41, 5.74) is 3.39. The van der Waals surface area contributed by atoms with Gasteiger partial charge in [-0.05, 0) is 26.0 Å². The van der Waals surface area contributed by atoms with Crippen LogP contribution in [-0.2, 0) is 13.0 Å². The quantitative estimate of drug-likeness (QED) is 0.829. The molecule has 2 rings (SSSR count). The van der Waals surface area contributed by atoms with Gasteiger partial charge in [0.15, 0.2) is 0 Å². The minimum absolute atomic E-state index is 0.175. The zero-order chi connectivity index (χ0) is 10.8. The second-order valence-electron chi connectivity index (χ2n) is 3.76. The molecule has 1 N–H and O–H groups in total. The van der Waals surface area contributed by atoms with Crippen molar-refractivity contribution in [3.05, 3.63) is 29.5 Å². The fourth-order valence-electron chi connectivity index (χ4n) is 1.93. The number of aliphatic hydroxyl groups is 1. The Bertz CT molecular complexity index is 474. The summed E-state index contributed by atoms with van der Waals surface area (Å²) in [4.78, 5) is 0. The number of hydrogen-bond donors (Lipinski definition) is 1. The van der Waals surface area contributed by atoms with Gasteiger partial charge in [-0.2, -0.15) is 5.10 Å². The van der Waals surface area contributed by atoms with E-state index < -0.39 is 0 Å². The van der Waals surface area contributed by atoms with Crippen LogP contribution in [0.2, 0.25) is 0 Å². The fraction of sp³-hybridized carbons (Fsp3) is 0.417. The van der Waals surface area contributed by atoms with Crippen molar-refractivity contribution in [2.75, 3.05) is 6.61 Å². The normalized spacial score (nSPS) is 11.1. The van der Waals surface area contributed by atoms with E-state index in [-0.39, 0.29) is 6.61 Å². The van der Waals surface area contributed by atoms with E-state index in [2.05, 4.69) is 31.1 Å². The molecule has 0 spiro atoms. The number of hydrogen-bond acceptors (Lipinski definition) is 2. The van der Waals surface area contributed by atoms with Crippen LogP contribution in [0.25, 0.3) is 10.9 Å². The average molecular weight is 204 g/mol. The lowest BCUT2D eigenvalue weighted by Crippen LogP contribution is -2.04. The molecule has 0 amide bonds. The number of nitrogens with zero attached hydrogens (tertiary/aromatic N) is 2. The highest BCUT2D eigenvalue weighted by atomic mass is 16.3. The number of aliphatic hydroxyl groups excluding tert-OH is 1. The van der Waals surface area contributed by atoms with Gasteiger partial charge in [-0.25, -0.2) is 0 Å². The van der Waals surface area contributed by atoms with Gasteiger partial charge in [0.1, 0.15) is 0 Å². The van der Waals surface area contributed by atoms with Crippen molar-refractivity contribution >= 4 is 10.9 Å². The van der Waals surface area contributed by atoms with Gasteiger partial charge in [0.25, 0.3) is 0 Å². The van der Waals surface area contributed by atoms with E-state index in [1.165, 1.54) is 10.9 Å². The molecule has 2 aromatic rings. The van der Waals surface area contributed by atoms with E-state index >= 15 is 0 Å². The van der Waals surface area contributed by atoms with E-state index in [0.717, 1.165) is 17.8 Å². The van der Waals surface area contributed by atoms with E-state index in [1.807, 2.05) is 10.7 Å². The highest BCUT2D eigenvalue weighted by Crippen LogP contribution is 2.20. The van der Waals surface area contributed by atoms with Crippen LogP contribution in [0, 0.1) is 6.92 Å². The summed E-state index contributed by atoms with van der Waals surface area (Å²) in [5.74, 6) is 0. The maximum atomic E-state index is 9.05. The van der Waals surface area contributed by atoms with Gasteiger partial charge in [0.05, 0.1) is 5.52 Å². The number of fused-ring (bicyclic) bond motifs is 1. The Balaban J connectivity index is 2.65. The highest BCUT2D eigenvalue weighted by molar-refractivity contribution is 5.82. The third kappa shape index (κ3) is 1.75. The molecule has 15 heavy (non-hydrogen) atoms. The van der Waals surface area contributed by atoms with E-state index in [4.69, 9.17) is 5.11 Å². The lowest BCUT2D eigenvalue weighted by Gasteiger charge is -2.02. The monoisotopic (exact) mass is 204 g/mol. The van der Waals surface area contributed by atoms with Crippen molar-refractivity contribution in [3.8, 4) is 0 Å². The summed E-state index contributed by atoms with van der Waals surface area (Å²) in [6.07, 6.45) is 0.674. The molecule has 3 heteroatoms. The van der Waals surface area contributed by atoms with Crippen molar-refractivity contribution in [3.63, 3.8) is 0 Å². The van der Waals surface area contributed by atoms with Crippen LogP contribution in [0.4, 0.5) is 0 Å². The Morgan fingerprint density at radius 1 is 1.40 bits per heavy atom. The molecule has 1 heterocycles. The molecule has 1 aromatic heterocycles. The van der Waals surface area contributed by atoms with Crippen LogP contribution in [-0.4, -0.2) is 21.5 Å². The molecule has 0 saturated heterocycles. The summed E-state index contributed by atoms with van der Waals surface area (Å²) in [6.45, 7) is 5.17. The van der Waals surface area contributed by atoms with Gasteiger partial charge in [-0.1, -0.05) is 11.6 Å². The molecule has 0 saturated carbocycles. The van der Waals surface area contributed by atoms with Crippen molar-refractivity contribution in [1.29, 1.82) is 0 Å². The van der Waals surface area contributed by atoms with E-state index in [0.29, 0.717) is 6.42 Å². The zero-order valence-electron chi connectivity index (χ0n) is 9.20. The number of benzene rings is 1. The summed E-state index contributed by atoms with van der Waals surface area (Å²) >= 11 is 0. The number of rotatable bonds is 3. The molecule has 80 valence electrons. The second kappa shape index (κ2) is 4.03. The Kier molecular flexibility index (Phi) is 2.73. The summed E-state index contributed by atoms with van der Waals surface area (Å²) < 4.78 is 1.97. The maximum Gasteiger partial charge on any atom is 0.0926 e. The molecule has 0 bridgehead atoms. The van der Waals surface area contributed by atoms with Crippen molar-refractivity contribution in [2.45, 2.75) is 26.8 Å². The van der Waals surface area contributed by atoms with Crippen LogP contribution in [0.1, 0.15) is 18.2 Å². The lowest BCUT2D eigenvalue weighted by atomic mass is 10.1. The molecule has 0 aliphatic carbocycles. The summed E-state index contributed by atoms with van der Waals surface area (Å²) in [7, 11) is 0. The predicted molar refractivity (Wildman–Crippen MR) is 60.9 cm³/mol. The van der Waals surface area contributed by atoms with Crippen LogP contribution < -0.4 is 0 Å². The van der Waals surface area contributed by atoms with Crippen molar-refractivity contribution < 1.29 is 5.11 Å². The molecule has 1 aromatic carbocycles. The van der Waals surface area contributed by atoms with E-state index in [9.17, 15) is 0 Å². The van der Waals surface area contributed by atoms with Crippen LogP contribution in [0.5, 0.6) is 0 Å². The van der Waals surface area contributed by atoms with Crippen LogP contribution in [0.3, 0.4) is 0 Å². The van der Waals surface area contributed by atoms with Gasteiger partial charge in [0, 0.05) is 30.7 Å². The lowest BCUT2D eigenvalue weighted by molar-refractivity contribution is 0.296. The first kappa shape index (κ1) is 10.2. The predicted octanol–water partition coefficient (Wildman–Crippen LogP) is 1.90. The Labute approximate surface area is 89.3 Å². The molecule has 3 nitrogen and oxygen atoms in total. The molecular formula is C12H16N2O. The van der Waals surface area contributed by atoms with Gasteiger partial charge in [0.2, 0.25) is 0 Å². The van der Waals surface area contributed by atoms with Crippen molar-refractivity contribution in [2.24, 2.45) is 0 Å². The van der Waals surface area contributed by atoms with Gasteiger partial charge in [-0.15, -0.1) is 0 Å². The van der Waals surface area contributed by atoms with Crippen LogP contribution >= 0.6 is 0 Å².